The van der Waals surface area contributed by atoms with Gasteiger partial charge in [0.15, 0.2) is 5.16 Å². The Bertz CT molecular complexity index is 937. The molecular formula is C20H22N4O2S. The lowest BCUT2D eigenvalue weighted by molar-refractivity contribution is -0.115. The van der Waals surface area contributed by atoms with Gasteiger partial charge >= 0.3 is 0 Å². The second kappa shape index (κ2) is 8.26. The van der Waals surface area contributed by atoms with Crippen LogP contribution in [-0.2, 0) is 4.79 Å². The maximum absolute atomic E-state index is 12.6. The van der Waals surface area contributed by atoms with Crippen LogP contribution in [0.25, 0.3) is 5.69 Å². The van der Waals surface area contributed by atoms with E-state index in [1.165, 1.54) is 11.8 Å². The molecule has 0 spiro atoms. The van der Waals surface area contributed by atoms with Crippen molar-refractivity contribution < 1.29 is 9.53 Å². The number of thioether (sulfide) groups is 1. The predicted octanol–water partition coefficient (Wildman–Crippen LogP) is 4.01. The minimum Gasteiger partial charge on any atom is -0.497 e. The Morgan fingerprint density at radius 3 is 2.63 bits per heavy atom. The summed E-state index contributed by atoms with van der Waals surface area (Å²) in [4.78, 5) is 12.6. The van der Waals surface area contributed by atoms with Gasteiger partial charge in [-0.05, 0) is 62.2 Å². The average molecular weight is 382 g/mol. The Morgan fingerprint density at radius 1 is 1.19 bits per heavy atom. The van der Waals surface area contributed by atoms with Crippen LogP contribution in [0.2, 0.25) is 0 Å². The zero-order valence-electron chi connectivity index (χ0n) is 15.8. The second-order valence-electron chi connectivity index (χ2n) is 6.25. The van der Waals surface area contributed by atoms with Gasteiger partial charge in [0.1, 0.15) is 12.1 Å². The molecule has 6 nitrogen and oxygen atoms in total. The van der Waals surface area contributed by atoms with E-state index in [-0.39, 0.29) is 11.2 Å². The van der Waals surface area contributed by atoms with Gasteiger partial charge in [-0.3, -0.25) is 9.36 Å². The number of hydrogen-bond acceptors (Lipinski definition) is 5. The number of benzene rings is 2. The first-order valence-electron chi connectivity index (χ1n) is 8.57. The van der Waals surface area contributed by atoms with Gasteiger partial charge in [-0.2, -0.15) is 0 Å². The molecule has 0 saturated heterocycles. The normalized spacial score (nSPS) is 11.9. The summed E-state index contributed by atoms with van der Waals surface area (Å²) in [6.07, 6.45) is 1.64. The highest BCUT2D eigenvalue weighted by atomic mass is 32.2. The van der Waals surface area contributed by atoms with E-state index in [4.69, 9.17) is 4.74 Å². The van der Waals surface area contributed by atoms with Crippen molar-refractivity contribution in [3.8, 4) is 11.4 Å². The Balaban J connectivity index is 1.72. The fourth-order valence-electron chi connectivity index (χ4n) is 2.54. The van der Waals surface area contributed by atoms with E-state index >= 15 is 0 Å². The fraction of sp³-hybridized carbons (Fsp3) is 0.250. The van der Waals surface area contributed by atoms with Crippen LogP contribution in [0.3, 0.4) is 0 Å². The summed E-state index contributed by atoms with van der Waals surface area (Å²) in [6, 6.07) is 13.6. The van der Waals surface area contributed by atoms with Crippen LogP contribution in [0.5, 0.6) is 5.75 Å². The molecule has 27 heavy (non-hydrogen) atoms. The van der Waals surface area contributed by atoms with E-state index in [0.29, 0.717) is 5.16 Å². The Hall–Kier alpha value is -2.80. The Kier molecular flexibility index (Phi) is 5.81. The third-order valence-electron chi connectivity index (χ3n) is 4.17. The summed E-state index contributed by atoms with van der Waals surface area (Å²) in [7, 11) is 1.63. The van der Waals surface area contributed by atoms with E-state index < -0.39 is 0 Å². The molecule has 1 amide bonds. The summed E-state index contributed by atoms with van der Waals surface area (Å²) >= 11 is 1.37. The number of hydrogen-bond donors (Lipinski definition) is 1. The van der Waals surface area contributed by atoms with Gasteiger partial charge < -0.3 is 10.1 Å². The molecule has 0 fully saturated rings. The number of aromatic nitrogens is 3. The van der Waals surface area contributed by atoms with Gasteiger partial charge in [-0.15, -0.1) is 10.2 Å². The minimum absolute atomic E-state index is 0.0713. The van der Waals surface area contributed by atoms with Gasteiger partial charge in [-0.1, -0.05) is 23.9 Å². The first-order chi connectivity index (χ1) is 13.0. The molecule has 3 rings (SSSR count). The number of rotatable bonds is 6. The molecule has 1 N–H and O–H groups in total. The van der Waals surface area contributed by atoms with Crippen LogP contribution in [0.15, 0.2) is 53.9 Å². The number of anilines is 1. The van der Waals surface area contributed by atoms with Gasteiger partial charge in [0.25, 0.3) is 0 Å². The van der Waals surface area contributed by atoms with Gasteiger partial charge in [0, 0.05) is 11.4 Å². The summed E-state index contributed by atoms with van der Waals surface area (Å²) in [5.74, 6) is 0.709. The lowest BCUT2D eigenvalue weighted by Gasteiger charge is -2.14. The topological polar surface area (TPSA) is 69.0 Å². The van der Waals surface area contributed by atoms with Crippen molar-refractivity contribution in [3.63, 3.8) is 0 Å². The van der Waals surface area contributed by atoms with Crippen molar-refractivity contribution in [1.29, 1.82) is 0 Å². The zero-order chi connectivity index (χ0) is 19.4. The maximum atomic E-state index is 12.6. The van der Waals surface area contributed by atoms with Crippen LogP contribution in [-0.4, -0.2) is 33.0 Å². The van der Waals surface area contributed by atoms with Crippen molar-refractivity contribution in [2.75, 3.05) is 12.4 Å². The molecule has 3 aromatic rings. The summed E-state index contributed by atoms with van der Waals surface area (Å²) in [5.41, 5.74) is 3.89. The van der Waals surface area contributed by atoms with E-state index in [1.807, 2.05) is 67.8 Å². The van der Waals surface area contributed by atoms with Crippen LogP contribution in [0, 0.1) is 13.8 Å². The van der Waals surface area contributed by atoms with E-state index in [9.17, 15) is 4.79 Å². The lowest BCUT2D eigenvalue weighted by Crippen LogP contribution is -2.23. The van der Waals surface area contributed by atoms with Crippen molar-refractivity contribution in [3.05, 3.63) is 59.9 Å². The molecule has 0 aliphatic heterocycles. The quantitative estimate of drug-likeness (QED) is 0.652. The zero-order valence-corrected chi connectivity index (χ0v) is 16.6. The molecule has 0 unspecified atom stereocenters. The fourth-order valence-corrected chi connectivity index (χ4v) is 3.38. The molecule has 1 heterocycles. The number of methoxy groups -OCH3 is 1. The number of ether oxygens (including phenoxy) is 1. The number of aryl methyl sites for hydroxylation is 2. The smallest absolute Gasteiger partial charge is 0.237 e. The molecular weight excluding hydrogens is 360 g/mol. The lowest BCUT2D eigenvalue weighted by atomic mass is 10.1. The van der Waals surface area contributed by atoms with Crippen LogP contribution >= 0.6 is 11.8 Å². The molecule has 0 aliphatic rings. The molecule has 1 aromatic heterocycles. The Morgan fingerprint density at radius 2 is 1.93 bits per heavy atom. The van der Waals surface area contributed by atoms with E-state index in [2.05, 4.69) is 15.5 Å². The van der Waals surface area contributed by atoms with Crippen molar-refractivity contribution in [2.24, 2.45) is 0 Å². The SMILES string of the molecule is COc1ccc(-n2cnnc2S[C@@H](C)C(=O)Nc2cc(C)ccc2C)cc1. The predicted molar refractivity (Wildman–Crippen MR) is 108 cm³/mol. The Labute approximate surface area is 163 Å². The monoisotopic (exact) mass is 382 g/mol. The maximum Gasteiger partial charge on any atom is 0.237 e. The van der Waals surface area contributed by atoms with Gasteiger partial charge in [-0.25, -0.2) is 0 Å². The standard InChI is InChI=1S/C20H22N4O2S/c1-13-5-6-14(2)18(11-13)22-19(25)15(3)27-20-23-21-12-24(20)16-7-9-17(26-4)10-8-16/h5-12,15H,1-4H3,(H,22,25)/t15-/m0/s1. The summed E-state index contributed by atoms with van der Waals surface area (Å²) < 4.78 is 7.04. The highest BCUT2D eigenvalue weighted by Gasteiger charge is 2.19. The summed E-state index contributed by atoms with van der Waals surface area (Å²) in [6.45, 7) is 5.84. The van der Waals surface area contributed by atoms with E-state index in [0.717, 1.165) is 28.3 Å². The number of amides is 1. The molecule has 0 saturated carbocycles. The molecule has 0 bridgehead atoms. The molecule has 0 aliphatic carbocycles. The first-order valence-corrected chi connectivity index (χ1v) is 9.45. The first kappa shape index (κ1) is 19.0. The number of nitrogens with zero attached hydrogens (tertiary/aromatic N) is 3. The van der Waals surface area contributed by atoms with Crippen LogP contribution < -0.4 is 10.1 Å². The number of nitrogens with one attached hydrogen (secondary N) is 1. The minimum atomic E-state index is -0.328. The van der Waals surface area contributed by atoms with E-state index in [1.54, 1.807) is 13.4 Å². The largest absolute Gasteiger partial charge is 0.497 e. The molecule has 2 aromatic carbocycles. The van der Waals surface area contributed by atoms with Crippen LogP contribution in [0.4, 0.5) is 5.69 Å². The van der Waals surface area contributed by atoms with Crippen molar-refractivity contribution in [2.45, 2.75) is 31.2 Å². The van der Waals surface area contributed by atoms with Crippen molar-refractivity contribution in [1.82, 2.24) is 14.8 Å². The molecule has 140 valence electrons. The molecule has 1 atom stereocenters. The van der Waals surface area contributed by atoms with Crippen molar-refractivity contribution >= 4 is 23.4 Å². The number of carbonyl (C=O) groups is 1. The third kappa shape index (κ3) is 4.49. The third-order valence-corrected chi connectivity index (χ3v) is 5.23. The highest BCUT2D eigenvalue weighted by Crippen LogP contribution is 2.26. The average Bonchev–Trinajstić information content (AvgIpc) is 3.12. The molecule has 7 heteroatoms. The van der Waals surface area contributed by atoms with Gasteiger partial charge in [0.2, 0.25) is 5.91 Å². The van der Waals surface area contributed by atoms with Gasteiger partial charge in [0.05, 0.1) is 12.4 Å². The highest BCUT2D eigenvalue weighted by molar-refractivity contribution is 8.00. The number of carbonyl (C=O) groups excluding carboxylic acids is 1. The second-order valence-corrected chi connectivity index (χ2v) is 7.56. The molecule has 0 radical (unpaired) electrons. The van der Waals surface area contributed by atoms with Crippen LogP contribution in [0.1, 0.15) is 18.1 Å². The summed E-state index contributed by atoms with van der Waals surface area (Å²) in [5, 5.41) is 11.5.